The Morgan fingerprint density at radius 2 is 1.22 bits per heavy atom. The highest BCUT2D eigenvalue weighted by Gasteiger charge is 2.21. The van der Waals surface area contributed by atoms with E-state index in [1.807, 2.05) is 0 Å². The molecule has 0 saturated carbocycles. The minimum atomic E-state index is -1.24. The van der Waals surface area contributed by atoms with Gasteiger partial charge in [-0.1, -0.05) is 12.1 Å². The summed E-state index contributed by atoms with van der Waals surface area (Å²) in [6.45, 7) is -1.06. The number of benzene rings is 1. The molecule has 0 unspecified atom stereocenters. The van der Waals surface area contributed by atoms with E-state index in [0.29, 0.717) is 11.0 Å². The van der Waals surface area contributed by atoms with Crippen molar-refractivity contribution in [3.63, 3.8) is 0 Å². The number of rotatable bonds is 4. The maximum atomic E-state index is 9.67. The third kappa shape index (κ3) is 2.32. The lowest BCUT2D eigenvalue weighted by Gasteiger charge is -2.15. The topological polar surface area (TPSA) is 107 Å². The number of aliphatic hydroxyl groups excluding tert-OH is 4. The van der Waals surface area contributed by atoms with E-state index < -0.39 is 25.4 Å². The molecule has 2 atom stereocenters. The summed E-state index contributed by atoms with van der Waals surface area (Å²) in [6.07, 6.45) is -2.48. The van der Waals surface area contributed by atoms with Crippen molar-refractivity contribution in [1.29, 1.82) is 0 Å². The Labute approximate surface area is 103 Å². The van der Waals surface area contributed by atoms with Crippen LogP contribution in [0.25, 0.3) is 11.0 Å². The molecular formula is C12H14N2O4. The highest BCUT2D eigenvalue weighted by molar-refractivity contribution is 5.74. The quantitative estimate of drug-likeness (QED) is 0.592. The van der Waals surface area contributed by atoms with Crippen LogP contribution in [0.2, 0.25) is 0 Å². The molecule has 18 heavy (non-hydrogen) atoms. The van der Waals surface area contributed by atoms with Gasteiger partial charge >= 0.3 is 0 Å². The van der Waals surface area contributed by atoms with Crippen molar-refractivity contribution in [2.75, 3.05) is 13.2 Å². The van der Waals surface area contributed by atoms with Crippen LogP contribution in [0.5, 0.6) is 0 Å². The van der Waals surface area contributed by atoms with E-state index in [9.17, 15) is 10.2 Å². The Morgan fingerprint density at radius 1 is 0.833 bits per heavy atom. The summed E-state index contributed by atoms with van der Waals surface area (Å²) in [5.41, 5.74) is 1.26. The minimum absolute atomic E-state index is 0.0813. The summed E-state index contributed by atoms with van der Waals surface area (Å²) in [6, 6.07) is 6.97. The van der Waals surface area contributed by atoms with Gasteiger partial charge in [0.25, 0.3) is 0 Å². The van der Waals surface area contributed by atoms with Gasteiger partial charge in [-0.05, 0) is 12.1 Å². The van der Waals surface area contributed by atoms with Gasteiger partial charge in [-0.2, -0.15) is 0 Å². The van der Waals surface area contributed by atoms with Gasteiger partial charge in [0.1, 0.15) is 12.2 Å². The molecule has 96 valence electrons. The van der Waals surface area contributed by atoms with Gasteiger partial charge in [-0.3, -0.25) is 0 Å². The zero-order chi connectivity index (χ0) is 13.1. The van der Waals surface area contributed by atoms with Crippen LogP contribution >= 0.6 is 0 Å². The molecule has 6 nitrogen and oxygen atoms in total. The predicted octanol–water partition coefficient (Wildman–Crippen LogP) is -0.319. The first-order chi connectivity index (χ1) is 8.67. The van der Waals surface area contributed by atoms with Crippen molar-refractivity contribution < 1.29 is 20.4 Å². The fourth-order valence-corrected chi connectivity index (χ4v) is 1.69. The summed E-state index contributed by atoms with van der Waals surface area (Å²) >= 11 is 0. The molecule has 0 aliphatic carbocycles. The molecule has 0 radical (unpaired) electrons. The lowest BCUT2D eigenvalue weighted by atomic mass is 10.1. The molecule has 6 heteroatoms. The van der Waals surface area contributed by atoms with E-state index in [-0.39, 0.29) is 11.4 Å². The highest BCUT2D eigenvalue weighted by Crippen LogP contribution is 2.23. The summed E-state index contributed by atoms with van der Waals surface area (Å²) in [5, 5.41) is 37.3. The predicted molar refractivity (Wildman–Crippen MR) is 63.6 cm³/mol. The lowest BCUT2D eigenvalue weighted by Crippen LogP contribution is -2.15. The first-order valence-corrected chi connectivity index (χ1v) is 5.51. The second-order valence-corrected chi connectivity index (χ2v) is 3.88. The lowest BCUT2D eigenvalue weighted by molar-refractivity contribution is 0.0725. The highest BCUT2D eigenvalue weighted by atomic mass is 16.3. The van der Waals surface area contributed by atoms with E-state index in [1.54, 1.807) is 24.3 Å². The second kappa shape index (κ2) is 5.36. The molecule has 0 amide bonds. The van der Waals surface area contributed by atoms with Crippen molar-refractivity contribution in [3.05, 3.63) is 35.7 Å². The van der Waals surface area contributed by atoms with Gasteiger partial charge in [0.2, 0.25) is 0 Å². The van der Waals surface area contributed by atoms with Crippen LogP contribution in [0, 0.1) is 0 Å². The molecule has 2 aromatic rings. The van der Waals surface area contributed by atoms with E-state index >= 15 is 0 Å². The van der Waals surface area contributed by atoms with Gasteiger partial charge < -0.3 is 20.4 Å². The molecule has 2 rings (SSSR count). The van der Waals surface area contributed by atoms with Crippen molar-refractivity contribution in [2.45, 2.75) is 12.2 Å². The third-order valence-electron chi connectivity index (χ3n) is 2.60. The SMILES string of the molecule is OC[C@@H](O)c1nc2ccccc2nc1[C@H](O)CO. The monoisotopic (exact) mass is 250 g/mol. The number of aromatic nitrogens is 2. The largest absolute Gasteiger partial charge is 0.393 e. The standard InChI is InChI=1S/C12H14N2O4/c15-5-9(17)11-12(10(18)6-16)14-8-4-2-1-3-7(8)13-11/h1-4,9-10,15-18H,5-6H2/t9-,10-/m1/s1. The van der Waals surface area contributed by atoms with Crippen molar-refractivity contribution in [1.82, 2.24) is 9.97 Å². The van der Waals surface area contributed by atoms with E-state index in [0.717, 1.165) is 0 Å². The first-order valence-electron chi connectivity index (χ1n) is 5.51. The maximum Gasteiger partial charge on any atom is 0.121 e. The number of aliphatic hydroxyl groups is 4. The fraction of sp³-hybridized carbons (Fsp3) is 0.333. The summed E-state index contributed by atoms with van der Waals surface area (Å²) in [4.78, 5) is 8.34. The summed E-state index contributed by atoms with van der Waals surface area (Å²) in [7, 11) is 0. The molecule has 1 heterocycles. The zero-order valence-electron chi connectivity index (χ0n) is 9.56. The Hall–Kier alpha value is -1.60. The molecule has 0 bridgehead atoms. The number of nitrogens with zero attached hydrogens (tertiary/aromatic N) is 2. The Morgan fingerprint density at radius 3 is 1.56 bits per heavy atom. The van der Waals surface area contributed by atoms with Gasteiger partial charge in [-0.15, -0.1) is 0 Å². The van der Waals surface area contributed by atoms with Crippen molar-refractivity contribution in [3.8, 4) is 0 Å². The number of para-hydroxylation sites is 2. The first kappa shape index (κ1) is 12.8. The van der Waals surface area contributed by atoms with Gasteiger partial charge in [0.05, 0.1) is 35.6 Å². The van der Waals surface area contributed by atoms with Gasteiger partial charge in [-0.25, -0.2) is 9.97 Å². The molecule has 0 spiro atoms. The molecule has 0 saturated heterocycles. The molecule has 4 N–H and O–H groups in total. The fourth-order valence-electron chi connectivity index (χ4n) is 1.69. The van der Waals surface area contributed by atoms with Crippen LogP contribution in [-0.2, 0) is 0 Å². The average Bonchev–Trinajstić information content (AvgIpc) is 2.44. The molecule has 0 fully saturated rings. The Balaban J connectivity index is 2.63. The Bertz CT molecular complexity index is 498. The molecule has 1 aromatic heterocycles. The molecule has 0 aliphatic heterocycles. The van der Waals surface area contributed by atoms with E-state index in [1.165, 1.54) is 0 Å². The van der Waals surface area contributed by atoms with Crippen molar-refractivity contribution in [2.24, 2.45) is 0 Å². The number of fused-ring (bicyclic) bond motifs is 1. The van der Waals surface area contributed by atoms with Gasteiger partial charge in [0, 0.05) is 0 Å². The van der Waals surface area contributed by atoms with Crippen LogP contribution in [-0.4, -0.2) is 43.6 Å². The van der Waals surface area contributed by atoms with Crippen LogP contribution in [0.4, 0.5) is 0 Å². The molecular weight excluding hydrogens is 236 g/mol. The summed E-state index contributed by atoms with van der Waals surface area (Å²) in [5.74, 6) is 0. The minimum Gasteiger partial charge on any atom is -0.393 e. The molecule has 0 aliphatic rings. The summed E-state index contributed by atoms with van der Waals surface area (Å²) < 4.78 is 0. The third-order valence-corrected chi connectivity index (χ3v) is 2.60. The van der Waals surface area contributed by atoms with Crippen LogP contribution in [0.3, 0.4) is 0 Å². The number of hydrogen-bond acceptors (Lipinski definition) is 6. The normalized spacial score (nSPS) is 14.7. The van der Waals surface area contributed by atoms with Crippen LogP contribution in [0.15, 0.2) is 24.3 Å². The zero-order valence-corrected chi connectivity index (χ0v) is 9.56. The van der Waals surface area contributed by atoms with Crippen LogP contribution < -0.4 is 0 Å². The smallest absolute Gasteiger partial charge is 0.121 e. The van der Waals surface area contributed by atoms with Crippen LogP contribution in [0.1, 0.15) is 23.6 Å². The maximum absolute atomic E-state index is 9.67. The Kier molecular flexibility index (Phi) is 3.83. The molecule has 1 aromatic carbocycles. The average molecular weight is 250 g/mol. The van der Waals surface area contributed by atoms with Gasteiger partial charge in [0.15, 0.2) is 0 Å². The second-order valence-electron chi connectivity index (χ2n) is 3.88. The van der Waals surface area contributed by atoms with E-state index in [2.05, 4.69) is 9.97 Å². The van der Waals surface area contributed by atoms with E-state index in [4.69, 9.17) is 10.2 Å². The van der Waals surface area contributed by atoms with Crippen molar-refractivity contribution >= 4 is 11.0 Å². The number of hydrogen-bond donors (Lipinski definition) is 4.